The monoisotopic (exact) mass is 579 g/mol. The molecule has 4 rings (SSSR count). The number of nitriles is 1. The number of nitrogens with one attached hydrogen (secondary N) is 1. The van der Waals surface area contributed by atoms with Crippen LogP contribution in [0.2, 0.25) is 5.02 Å². The molecule has 1 N–H and O–H groups in total. The van der Waals surface area contributed by atoms with Gasteiger partial charge in [-0.3, -0.25) is 9.59 Å². The first-order chi connectivity index (χ1) is 19.4. The summed E-state index contributed by atoms with van der Waals surface area (Å²) in [6.07, 6.45) is -3.00. The van der Waals surface area contributed by atoms with Crippen molar-refractivity contribution in [3.63, 3.8) is 0 Å². The van der Waals surface area contributed by atoms with Gasteiger partial charge in [-0.1, -0.05) is 23.7 Å². The van der Waals surface area contributed by atoms with Crippen molar-refractivity contribution in [3.8, 4) is 11.9 Å². The Balaban J connectivity index is 1.74. The molecule has 1 amide bonds. The van der Waals surface area contributed by atoms with Crippen LogP contribution in [0, 0.1) is 18.3 Å². The molecule has 0 spiro atoms. The van der Waals surface area contributed by atoms with Gasteiger partial charge in [-0.2, -0.15) is 23.5 Å². The molecule has 0 unspecified atom stereocenters. The molecule has 4 aromatic rings. The Morgan fingerprint density at radius 2 is 1.83 bits per heavy atom. The molecule has 210 valence electrons. The molecular weight excluding hydrogens is 555 g/mol. The Bertz CT molecular complexity index is 1650. The molecule has 41 heavy (non-hydrogen) atoms. The molecule has 2 aromatic carbocycles. The average molecular weight is 580 g/mol. The van der Waals surface area contributed by atoms with Crippen LogP contribution in [0.3, 0.4) is 0 Å². The summed E-state index contributed by atoms with van der Waals surface area (Å²) in [6, 6.07) is 14.4. The smallest absolute Gasteiger partial charge is 0.350 e. The van der Waals surface area contributed by atoms with Crippen molar-refractivity contribution in [2.24, 2.45) is 0 Å². The zero-order valence-corrected chi connectivity index (χ0v) is 23.1. The number of Topliss-reactive ketones (excluding diaryl/α,β-unsaturated/α-hetero) is 1. The Kier molecular flexibility index (Phi) is 8.59. The molecule has 7 nitrogen and oxygen atoms in total. The number of aryl methyl sites for hydroxylation is 1. The molecule has 2 aromatic heterocycles. The van der Waals surface area contributed by atoms with E-state index in [1.807, 2.05) is 6.07 Å². The maximum atomic E-state index is 13.8. The fourth-order valence-corrected chi connectivity index (χ4v) is 4.54. The molecule has 0 radical (unpaired) electrons. The summed E-state index contributed by atoms with van der Waals surface area (Å²) in [5.41, 5.74) is 1.89. The normalized spacial score (nSPS) is 11.4. The first-order valence-electron chi connectivity index (χ1n) is 12.6. The Hall–Kier alpha value is -4.49. The number of pyridine rings is 1. The number of rotatable bonds is 8. The molecule has 0 atom stereocenters. The fraction of sp³-hybridized carbons (Fsp3) is 0.233. The first-order valence-corrected chi connectivity index (χ1v) is 13.0. The number of amides is 1. The van der Waals surface area contributed by atoms with Crippen molar-refractivity contribution in [2.45, 2.75) is 45.8 Å². The van der Waals surface area contributed by atoms with Gasteiger partial charge >= 0.3 is 6.18 Å². The number of ketones is 1. The second kappa shape index (κ2) is 11.9. The summed E-state index contributed by atoms with van der Waals surface area (Å²) in [6.45, 7) is 5.33. The van der Waals surface area contributed by atoms with Gasteiger partial charge in [-0.25, -0.2) is 9.67 Å². The van der Waals surface area contributed by atoms with E-state index < -0.39 is 23.4 Å². The minimum Gasteiger partial charge on any atom is -0.350 e. The maximum Gasteiger partial charge on any atom is 0.416 e. The van der Waals surface area contributed by atoms with E-state index in [0.29, 0.717) is 22.4 Å². The molecule has 0 aliphatic heterocycles. The Morgan fingerprint density at radius 1 is 1.12 bits per heavy atom. The van der Waals surface area contributed by atoms with Crippen molar-refractivity contribution in [3.05, 3.63) is 111 Å². The Labute approximate surface area is 239 Å². The zero-order chi connectivity index (χ0) is 29.9. The van der Waals surface area contributed by atoms with Gasteiger partial charge in [-0.15, -0.1) is 0 Å². The predicted molar refractivity (Wildman–Crippen MR) is 147 cm³/mol. The van der Waals surface area contributed by atoms with Crippen LogP contribution in [0.5, 0.6) is 0 Å². The van der Waals surface area contributed by atoms with Crippen molar-refractivity contribution in [1.29, 1.82) is 5.26 Å². The van der Waals surface area contributed by atoms with Crippen LogP contribution >= 0.6 is 11.6 Å². The third-order valence-corrected chi connectivity index (χ3v) is 6.55. The summed E-state index contributed by atoms with van der Waals surface area (Å²) in [4.78, 5) is 31.1. The molecule has 0 saturated carbocycles. The van der Waals surface area contributed by atoms with Gasteiger partial charge in [0.2, 0.25) is 0 Å². The first kappa shape index (κ1) is 29.5. The van der Waals surface area contributed by atoms with Gasteiger partial charge in [0, 0.05) is 30.6 Å². The van der Waals surface area contributed by atoms with Gasteiger partial charge in [0.15, 0.2) is 11.6 Å². The van der Waals surface area contributed by atoms with E-state index in [1.54, 1.807) is 39.0 Å². The number of hydrogen-bond donors (Lipinski definition) is 1. The largest absolute Gasteiger partial charge is 0.416 e. The van der Waals surface area contributed by atoms with E-state index in [9.17, 15) is 28.0 Å². The number of hydrogen-bond acceptors (Lipinski definition) is 5. The van der Waals surface area contributed by atoms with Crippen molar-refractivity contribution >= 4 is 23.3 Å². The molecule has 0 bridgehead atoms. The lowest BCUT2D eigenvalue weighted by atomic mass is 9.93. The van der Waals surface area contributed by atoms with Crippen LogP contribution in [0.4, 0.5) is 13.2 Å². The zero-order valence-electron chi connectivity index (χ0n) is 22.4. The number of alkyl halides is 3. The minimum absolute atomic E-state index is 0.131. The van der Waals surface area contributed by atoms with Gasteiger partial charge in [0.1, 0.15) is 5.69 Å². The summed E-state index contributed by atoms with van der Waals surface area (Å²) < 4.78 is 40.3. The van der Waals surface area contributed by atoms with Crippen LogP contribution in [0.15, 0.2) is 60.8 Å². The molecule has 0 saturated heterocycles. The van der Waals surface area contributed by atoms with Crippen LogP contribution < -0.4 is 5.32 Å². The minimum atomic E-state index is -4.45. The van der Waals surface area contributed by atoms with Crippen LogP contribution in [0.25, 0.3) is 5.82 Å². The summed E-state index contributed by atoms with van der Waals surface area (Å²) in [5.74, 6) is -0.609. The van der Waals surface area contributed by atoms with Crippen LogP contribution in [0.1, 0.15) is 68.2 Å². The van der Waals surface area contributed by atoms with E-state index in [2.05, 4.69) is 15.4 Å². The number of aromatic nitrogens is 3. The van der Waals surface area contributed by atoms with Crippen molar-refractivity contribution in [1.82, 2.24) is 20.1 Å². The van der Waals surface area contributed by atoms with Crippen molar-refractivity contribution in [2.75, 3.05) is 0 Å². The number of benzene rings is 2. The highest BCUT2D eigenvalue weighted by atomic mass is 35.5. The number of nitrogens with zero attached hydrogens (tertiary/aromatic N) is 4. The number of halogens is 4. The summed E-state index contributed by atoms with van der Waals surface area (Å²) in [7, 11) is 0. The highest BCUT2D eigenvalue weighted by Gasteiger charge is 2.30. The van der Waals surface area contributed by atoms with Gasteiger partial charge < -0.3 is 5.32 Å². The summed E-state index contributed by atoms with van der Waals surface area (Å²) in [5, 5.41) is 17.0. The van der Waals surface area contributed by atoms with Gasteiger partial charge in [-0.05, 0) is 79.9 Å². The Morgan fingerprint density at radius 3 is 2.44 bits per heavy atom. The van der Waals surface area contributed by atoms with Gasteiger partial charge in [0.05, 0.1) is 27.9 Å². The van der Waals surface area contributed by atoms with Crippen LogP contribution in [-0.4, -0.2) is 32.5 Å². The maximum absolute atomic E-state index is 13.8. The standard InChI is InChI=1S/C30H25ClF3N5O2/c1-17(2)37-29(41)24-13-20(16-35)11-18(3)23(24)15-27(40)26-14-22(38-39(26)28-25(31)5-4-10-36-28)12-19-6-8-21(9-7-19)30(32,33)34/h4-11,13-14,17H,12,15H2,1-3H3,(H,37,41). The lowest BCUT2D eigenvalue weighted by Crippen LogP contribution is -2.31. The second-order valence-corrected chi connectivity index (χ2v) is 10.2. The third kappa shape index (κ3) is 6.81. The van der Waals surface area contributed by atoms with Crippen molar-refractivity contribution < 1.29 is 22.8 Å². The SMILES string of the molecule is Cc1cc(C#N)cc(C(=O)NC(C)C)c1CC(=O)c1cc(Cc2ccc(C(F)(F)F)cc2)nn1-c1ncccc1Cl. The molecular formula is C30H25ClF3N5O2. The fourth-order valence-electron chi connectivity index (χ4n) is 4.34. The van der Waals surface area contributed by atoms with E-state index >= 15 is 0 Å². The van der Waals surface area contributed by atoms with E-state index in [4.69, 9.17) is 11.6 Å². The molecule has 2 heterocycles. The highest BCUT2D eigenvalue weighted by Crippen LogP contribution is 2.30. The average Bonchev–Trinajstić information content (AvgIpc) is 3.32. The predicted octanol–water partition coefficient (Wildman–Crippen LogP) is 6.27. The lowest BCUT2D eigenvalue weighted by Gasteiger charge is -2.15. The highest BCUT2D eigenvalue weighted by molar-refractivity contribution is 6.32. The van der Waals surface area contributed by atoms with Crippen LogP contribution in [-0.2, 0) is 19.0 Å². The lowest BCUT2D eigenvalue weighted by molar-refractivity contribution is -0.137. The van der Waals surface area contributed by atoms with E-state index in [0.717, 1.165) is 12.1 Å². The summed E-state index contributed by atoms with van der Waals surface area (Å²) >= 11 is 6.37. The molecule has 0 aliphatic carbocycles. The second-order valence-electron chi connectivity index (χ2n) is 9.77. The van der Waals surface area contributed by atoms with E-state index in [1.165, 1.54) is 35.1 Å². The topological polar surface area (TPSA) is 101 Å². The third-order valence-electron chi connectivity index (χ3n) is 6.26. The number of carbonyl (C=O) groups is 2. The van der Waals surface area contributed by atoms with E-state index in [-0.39, 0.29) is 46.5 Å². The molecule has 0 aliphatic rings. The molecule has 11 heteroatoms. The molecule has 0 fully saturated rings. The van der Waals surface area contributed by atoms with Gasteiger partial charge in [0.25, 0.3) is 5.91 Å². The quantitative estimate of drug-likeness (QED) is 0.248. The number of carbonyl (C=O) groups excluding carboxylic acids is 2.